The molecule has 0 aromatic rings. The van der Waals surface area contributed by atoms with Crippen LogP contribution in [-0.2, 0) is 9.59 Å². The van der Waals surface area contributed by atoms with Gasteiger partial charge in [0.05, 0.1) is 12.1 Å². The third kappa shape index (κ3) is 0.876. The molecule has 2 amide bonds. The van der Waals surface area contributed by atoms with Crippen molar-refractivity contribution >= 4 is 11.8 Å². The Bertz CT molecular complexity index is 229. The molecule has 1 aliphatic carbocycles. The van der Waals surface area contributed by atoms with E-state index in [1.165, 1.54) is 4.90 Å². The molecule has 0 aromatic heterocycles. The van der Waals surface area contributed by atoms with E-state index < -0.39 is 5.54 Å². The maximum absolute atomic E-state index is 11.2. The summed E-state index contributed by atoms with van der Waals surface area (Å²) in [6, 6.07) is 0. The van der Waals surface area contributed by atoms with Gasteiger partial charge in [-0.25, -0.2) is 0 Å². The van der Waals surface area contributed by atoms with Gasteiger partial charge >= 0.3 is 0 Å². The van der Waals surface area contributed by atoms with Gasteiger partial charge in [-0.2, -0.15) is 0 Å². The van der Waals surface area contributed by atoms with Crippen LogP contribution in [0, 0.1) is 0 Å². The van der Waals surface area contributed by atoms with Crippen LogP contribution in [0.2, 0.25) is 0 Å². The molecule has 0 unspecified atom stereocenters. The van der Waals surface area contributed by atoms with Gasteiger partial charge in [0.1, 0.15) is 0 Å². The fourth-order valence-corrected chi connectivity index (χ4v) is 1.70. The number of likely N-dealkylation sites (tertiary alicyclic amines) is 1. The highest BCUT2D eigenvalue weighted by Crippen LogP contribution is 2.43. The second kappa shape index (κ2) is 2.29. The van der Waals surface area contributed by atoms with Crippen molar-refractivity contribution in [1.29, 1.82) is 0 Å². The van der Waals surface area contributed by atoms with Crippen molar-refractivity contribution in [3.8, 4) is 0 Å². The molecular weight excluding hydrogens is 158 g/mol. The van der Waals surface area contributed by atoms with E-state index in [-0.39, 0.29) is 18.4 Å². The summed E-state index contributed by atoms with van der Waals surface area (Å²) < 4.78 is 0. The fraction of sp³-hybridized carbons (Fsp3) is 0.750. The van der Waals surface area contributed by atoms with Crippen molar-refractivity contribution in [2.24, 2.45) is 0 Å². The lowest BCUT2D eigenvalue weighted by atomic mass is 10.2. The summed E-state index contributed by atoms with van der Waals surface area (Å²) in [5.74, 6) is -0.238. The molecule has 0 aromatic carbocycles. The number of aliphatic hydroxyl groups excluding tert-OH is 1. The molecule has 1 saturated carbocycles. The quantitative estimate of drug-likeness (QED) is 0.575. The topological polar surface area (TPSA) is 57.6 Å². The number of nitrogens with zero attached hydrogens (tertiary/aromatic N) is 1. The minimum atomic E-state index is -0.495. The van der Waals surface area contributed by atoms with Gasteiger partial charge in [0.25, 0.3) is 0 Å². The average molecular weight is 169 g/mol. The number of carbonyl (C=O) groups is 2. The lowest BCUT2D eigenvalue weighted by Gasteiger charge is -2.23. The first-order chi connectivity index (χ1) is 5.69. The largest absolute Gasteiger partial charge is 0.394 e. The summed E-state index contributed by atoms with van der Waals surface area (Å²) in [7, 11) is 0. The monoisotopic (exact) mass is 169 g/mol. The Hall–Kier alpha value is -0.900. The van der Waals surface area contributed by atoms with Crippen molar-refractivity contribution in [2.45, 2.75) is 31.2 Å². The summed E-state index contributed by atoms with van der Waals surface area (Å²) in [6.07, 6.45) is 2.17. The Balaban J connectivity index is 2.21. The minimum Gasteiger partial charge on any atom is -0.394 e. The molecule has 1 saturated heterocycles. The van der Waals surface area contributed by atoms with E-state index in [0.29, 0.717) is 12.8 Å². The number of hydrogen-bond donors (Lipinski definition) is 1. The lowest BCUT2D eigenvalue weighted by Crippen LogP contribution is -2.43. The minimum absolute atomic E-state index is 0.0789. The number of carbonyl (C=O) groups excluding carboxylic acids is 2. The van der Waals surface area contributed by atoms with E-state index in [1.54, 1.807) is 0 Å². The van der Waals surface area contributed by atoms with Crippen LogP contribution in [-0.4, -0.2) is 34.0 Å². The van der Waals surface area contributed by atoms with Crippen molar-refractivity contribution in [2.75, 3.05) is 6.61 Å². The Morgan fingerprint density at radius 3 is 2.08 bits per heavy atom. The number of rotatable bonds is 2. The number of amides is 2. The first kappa shape index (κ1) is 7.73. The van der Waals surface area contributed by atoms with Gasteiger partial charge in [-0.3, -0.25) is 14.5 Å². The molecule has 4 nitrogen and oxygen atoms in total. The molecule has 2 rings (SSSR count). The van der Waals surface area contributed by atoms with Crippen LogP contribution in [0.25, 0.3) is 0 Å². The van der Waals surface area contributed by atoms with Crippen molar-refractivity contribution in [3.63, 3.8) is 0 Å². The SMILES string of the molecule is O=C1CCC(=O)N1C1(CO)CC1. The zero-order chi connectivity index (χ0) is 8.77. The zero-order valence-electron chi connectivity index (χ0n) is 6.75. The lowest BCUT2D eigenvalue weighted by molar-refractivity contribution is -0.143. The molecule has 4 heteroatoms. The summed E-state index contributed by atoms with van der Waals surface area (Å²) in [6.45, 7) is -0.0789. The Labute approximate surface area is 70.2 Å². The van der Waals surface area contributed by atoms with E-state index in [0.717, 1.165) is 12.8 Å². The van der Waals surface area contributed by atoms with Crippen LogP contribution in [0.5, 0.6) is 0 Å². The maximum atomic E-state index is 11.2. The van der Waals surface area contributed by atoms with Crippen LogP contribution >= 0.6 is 0 Å². The third-order valence-corrected chi connectivity index (χ3v) is 2.65. The predicted octanol–water partition coefficient (Wildman–Crippen LogP) is -0.340. The second-order valence-electron chi connectivity index (χ2n) is 3.51. The standard InChI is InChI=1S/C8H11NO3/c10-5-8(3-4-8)9-6(11)1-2-7(9)12/h10H,1-5H2. The molecular formula is C8H11NO3. The van der Waals surface area contributed by atoms with Crippen LogP contribution < -0.4 is 0 Å². The summed E-state index contributed by atoms with van der Waals surface area (Å²) in [5.41, 5.74) is -0.495. The highest BCUT2D eigenvalue weighted by Gasteiger charge is 2.54. The van der Waals surface area contributed by atoms with Crippen molar-refractivity contribution < 1.29 is 14.7 Å². The summed E-state index contributed by atoms with van der Waals surface area (Å²) in [5, 5.41) is 9.01. The van der Waals surface area contributed by atoms with E-state index in [2.05, 4.69) is 0 Å². The molecule has 0 radical (unpaired) electrons. The van der Waals surface area contributed by atoms with Gasteiger partial charge in [0.15, 0.2) is 0 Å². The van der Waals surface area contributed by atoms with Crippen molar-refractivity contribution in [1.82, 2.24) is 4.90 Å². The van der Waals surface area contributed by atoms with Crippen molar-refractivity contribution in [3.05, 3.63) is 0 Å². The number of aliphatic hydroxyl groups is 1. The fourth-order valence-electron chi connectivity index (χ4n) is 1.70. The highest BCUT2D eigenvalue weighted by molar-refractivity contribution is 6.03. The molecule has 2 aliphatic rings. The molecule has 0 spiro atoms. The summed E-state index contributed by atoms with van der Waals surface area (Å²) >= 11 is 0. The molecule has 2 fully saturated rings. The molecule has 1 heterocycles. The predicted molar refractivity (Wildman–Crippen MR) is 40.1 cm³/mol. The van der Waals surface area contributed by atoms with Gasteiger partial charge < -0.3 is 5.11 Å². The van der Waals surface area contributed by atoms with Crippen LogP contribution in [0.4, 0.5) is 0 Å². The molecule has 0 bridgehead atoms. The van der Waals surface area contributed by atoms with Gasteiger partial charge in [0.2, 0.25) is 11.8 Å². The summed E-state index contributed by atoms with van der Waals surface area (Å²) in [4.78, 5) is 23.7. The maximum Gasteiger partial charge on any atom is 0.230 e. The highest BCUT2D eigenvalue weighted by atomic mass is 16.3. The van der Waals surface area contributed by atoms with Crippen LogP contribution in [0.15, 0.2) is 0 Å². The zero-order valence-corrected chi connectivity index (χ0v) is 6.75. The van der Waals surface area contributed by atoms with Crippen LogP contribution in [0.3, 0.4) is 0 Å². The Kier molecular flexibility index (Phi) is 1.48. The third-order valence-electron chi connectivity index (χ3n) is 2.65. The van der Waals surface area contributed by atoms with E-state index in [9.17, 15) is 9.59 Å². The number of imide groups is 1. The average Bonchev–Trinajstić information content (AvgIpc) is 2.77. The molecule has 1 N–H and O–H groups in total. The first-order valence-electron chi connectivity index (χ1n) is 4.16. The Morgan fingerprint density at radius 2 is 1.75 bits per heavy atom. The Morgan fingerprint density at radius 1 is 1.25 bits per heavy atom. The molecule has 0 atom stereocenters. The molecule has 1 aliphatic heterocycles. The van der Waals surface area contributed by atoms with Gasteiger partial charge in [-0.15, -0.1) is 0 Å². The molecule has 12 heavy (non-hydrogen) atoms. The van der Waals surface area contributed by atoms with E-state index >= 15 is 0 Å². The first-order valence-corrected chi connectivity index (χ1v) is 4.16. The molecule has 66 valence electrons. The van der Waals surface area contributed by atoms with Crippen LogP contribution in [0.1, 0.15) is 25.7 Å². The van der Waals surface area contributed by atoms with E-state index in [1.807, 2.05) is 0 Å². The van der Waals surface area contributed by atoms with Gasteiger partial charge in [-0.1, -0.05) is 0 Å². The normalized spacial score (nSPS) is 26.6. The number of hydrogen-bond acceptors (Lipinski definition) is 3. The van der Waals surface area contributed by atoms with Gasteiger partial charge in [0, 0.05) is 12.8 Å². The smallest absolute Gasteiger partial charge is 0.230 e. The van der Waals surface area contributed by atoms with Gasteiger partial charge in [-0.05, 0) is 12.8 Å². The second-order valence-corrected chi connectivity index (χ2v) is 3.51. The van der Waals surface area contributed by atoms with E-state index in [4.69, 9.17) is 5.11 Å².